The molecule has 104 valence electrons. The lowest BCUT2D eigenvalue weighted by molar-refractivity contribution is -0.137. The van der Waals surface area contributed by atoms with Crippen molar-refractivity contribution >= 4 is 11.7 Å². The predicted octanol–water partition coefficient (Wildman–Crippen LogP) is 2.19. The van der Waals surface area contributed by atoms with Gasteiger partial charge in [-0.3, -0.25) is 9.69 Å². The molecule has 1 unspecified atom stereocenters. The van der Waals surface area contributed by atoms with Gasteiger partial charge in [-0.25, -0.2) is 0 Å². The molecule has 1 aliphatic heterocycles. The van der Waals surface area contributed by atoms with Crippen molar-refractivity contribution in [3.63, 3.8) is 0 Å². The molecule has 0 fully saturated rings. The molecular weight excluding hydrogens is 240 g/mol. The highest BCUT2D eigenvalue weighted by Gasteiger charge is 2.22. The maximum absolute atomic E-state index is 10.6. The number of para-hydroxylation sites is 1. The second-order valence-corrected chi connectivity index (χ2v) is 5.33. The molecule has 0 amide bonds. The number of carboxylic acid groups (broad SMARTS) is 1. The van der Waals surface area contributed by atoms with E-state index in [4.69, 9.17) is 5.11 Å². The van der Waals surface area contributed by atoms with Crippen LogP contribution in [0.15, 0.2) is 24.3 Å². The Balaban J connectivity index is 2.07. The predicted molar refractivity (Wildman–Crippen MR) is 76.5 cm³/mol. The number of hydrogen-bond acceptors (Lipinski definition) is 3. The number of aliphatic carboxylic acids is 1. The third-order valence-corrected chi connectivity index (χ3v) is 3.77. The van der Waals surface area contributed by atoms with Gasteiger partial charge < -0.3 is 10.0 Å². The molecule has 1 aromatic rings. The smallest absolute Gasteiger partial charge is 0.303 e. The van der Waals surface area contributed by atoms with Gasteiger partial charge in [0.1, 0.15) is 0 Å². The van der Waals surface area contributed by atoms with Crippen molar-refractivity contribution in [2.75, 3.05) is 25.0 Å². The highest BCUT2D eigenvalue weighted by molar-refractivity contribution is 5.66. The van der Waals surface area contributed by atoms with E-state index in [1.54, 1.807) is 0 Å². The molecule has 1 aliphatic rings. The van der Waals surface area contributed by atoms with Crippen LogP contribution in [-0.4, -0.2) is 42.2 Å². The highest BCUT2D eigenvalue weighted by Crippen LogP contribution is 2.25. The fourth-order valence-corrected chi connectivity index (χ4v) is 2.73. The summed E-state index contributed by atoms with van der Waals surface area (Å²) in [6.45, 7) is 4.93. The van der Waals surface area contributed by atoms with Gasteiger partial charge in [0.2, 0.25) is 0 Å². The zero-order valence-electron chi connectivity index (χ0n) is 11.7. The summed E-state index contributed by atoms with van der Waals surface area (Å²) in [7, 11) is 2.12. The van der Waals surface area contributed by atoms with Gasteiger partial charge in [-0.1, -0.05) is 18.2 Å². The summed E-state index contributed by atoms with van der Waals surface area (Å²) >= 11 is 0. The van der Waals surface area contributed by atoms with Crippen molar-refractivity contribution in [1.29, 1.82) is 0 Å². The topological polar surface area (TPSA) is 43.8 Å². The number of rotatable bonds is 4. The first-order valence-electron chi connectivity index (χ1n) is 6.83. The van der Waals surface area contributed by atoms with Gasteiger partial charge in [0.15, 0.2) is 0 Å². The van der Waals surface area contributed by atoms with Gasteiger partial charge in [0, 0.05) is 38.3 Å². The fraction of sp³-hybridized carbons (Fsp3) is 0.533. The number of fused-ring (bicyclic) bond motifs is 1. The van der Waals surface area contributed by atoms with Crippen LogP contribution in [0.5, 0.6) is 0 Å². The van der Waals surface area contributed by atoms with E-state index in [9.17, 15) is 4.79 Å². The Kier molecular flexibility index (Phi) is 4.43. The molecule has 0 bridgehead atoms. The number of carboxylic acids is 1. The van der Waals surface area contributed by atoms with E-state index in [2.05, 4.69) is 48.0 Å². The standard InChI is InChI=1S/C15H22N2O2/c1-12-10-16(2)14-7-4-3-6-13(14)11-17(12)9-5-8-15(18)19/h3-4,6-7,12H,5,8-11H2,1-2H3,(H,18,19). The minimum absolute atomic E-state index is 0.251. The Morgan fingerprint density at radius 3 is 2.89 bits per heavy atom. The molecule has 1 aromatic carbocycles. The number of likely N-dealkylation sites (N-methyl/N-ethyl adjacent to an activating group) is 1. The normalized spacial score (nSPS) is 19.9. The first-order valence-corrected chi connectivity index (χ1v) is 6.83. The molecule has 0 saturated heterocycles. The van der Waals surface area contributed by atoms with E-state index >= 15 is 0 Å². The van der Waals surface area contributed by atoms with E-state index in [1.807, 2.05) is 0 Å². The Hall–Kier alpha value is -1.55. The van der Waals surface area contributed by atoms with Gasteiger partial charge in [-0.05, 0) is 31.5 Å². The number of hydrogen-bond donors (Lipinski definition) is 1. The van der Waals surface area contributed by atoms with E-state index in [0.29, 0.717) is 12.5 Å². The fourth-order valence-electron chi connectivity index (χ4n) is 2.73. The van der Waals surface area contributed by atoms with Crippen LogP contribution in [0, 0.1) is 0 Å². The summed E-state index contributed by atoms with van der Waals surface area (Å²) in [5.41, 5.74) is 2.61. The van der Waals surface area contributed by atoms with E-state index in [-0.39, 0.29) is 6.42 Å². The quantitative estimate of drug-likeness (QED) is 0.903. The molecule has 0 aromatic heterocycles. The maximum atomic E-state index is 10.6. The SMILES string of the molecule is CC1CN(C)c2ccccc2CN1CCCC(=O)O. The summed E-state index contributed by atoms with van der Waals surface area (Å²) in [6, 6.07) is 8.89. The van der Waals surface area contributed by atoms with Crippen LogP contribution in [-0.2, 0) is 11.3 Å². The highest BCUT2D eigenvalue weighted by atomic mass is 16.4. The first kappa shape index (κ1) is 13.9. The lowest BCUT2D eigenvalue weighted by Crippen LogP contribution is -2.38. The Morgan fingerprint density at radius 2 is 2.16 bits per heavy atom. The molecule has 0 radical (unpaired) electrons. The van der Waals surface area contributed by atoms with Gasteiger partial charge in [-0.15, -0.1) is 0 Å². The molecule has 2 rings (SSSR count). The monoisotopic (exact) mass is 262 g/mol. The second kappa shape index (κ2) is 6.06. The zero-order chi connectivity index (χ0) is 13.8. The first-order chi connectivity index (χ1) is 9.08. The van der Waals surface area contributed by atoms with Crippen molar-refractivity contribution in [2.24, 2.45) is 0 Å². The average Bonchev–Trinajstić information content (AvgIpc) is 2.48. The number of anilines is 1. The molecule has 4 heteroatoms. The second-order valence-electron chi connectivity index (χ2n) is 5.33. The largest absolute Gasteiger partial charge is 0.481 e. The number of carbonyl (C=O) groups is 1. The average molecular weight is 262 g/mol. The molecule has 0 aliphatic carbocycles. The summed E-state index contributed by atoms with van der Waals surface area (Å²) in [5.74, 6) is -0.708. The molecular formula is C15H22N2O2. The third-order valence-electron chi connectivity index (χ3n) is 3.77. The summed E-state index contributed by atoms with van der Waals surface area (Å²) in [4.78, 5) is 15.3. The van der Waals surface area contributed by atoms with Crippen molar-refractivity contribution in [3.05, 3.63) is 29.8 Å². The molecule has 4 nitrogen and oxygen atoms in total. The van der Waals surface area contributed by atoms with Crippen LogP contribution < -0.4 is 4.90 Å². The van der Waals surface area contributed by atoms with Crippen LogP contribution >= 0.6 is 0 Å². The van der Waals surface area contributed by atoms with Gasteiger partial charge in [0.25, 0.3) is 0 Å². The maximum Gasteiger partial charge on any atom is 0.303 e. The summed E-state index contributed by atoms with van der Waals surface area (Å²) in [5, 5.41) is 8.74. The Morgan fingerprint density at radius 1 is 1.42 bits per heavy atom. The minimum atomic E-state index is -0.708. The molecule has 1 atom stereocenters. The summed E-state index contributed by atoms with van der Waals surface area (Å²) in [6.07, 6.45) is 0.965. The Labute approximate surface area is 114 Å². The molecule has 1 heterocycles. The van der Waals surface area contributed by atoms with Crippen LogP contribution in [0.1, 0.15) is 25.3 Å². The number of benzene rings is 1. The van der Waals surface area contributed by atoms with E-state index in [0.717, 1.165) is 19.6 Å². The van der Waals surface area contributed by atoms with Crippen molar-refractivity contribution in [1.82, 2.24) is 4.90 Å². The van der Waals surface area contributed by atoms with Gasteiger partial charge >= 0.3 is 5.97 Å². The van der Waals surface area contributed by atoms with Crippen LogP contribution in [0.3, 0.4) is 0 Å². The van der Waals surface area contributed by atoms with Crippen molar-refractivity contribution in [3.8, 4) is 0 Å². The van der Waals surface area contributed by atoms with Crippen LogP contribution in [0.25, 0.3) is 0 Å². The van der Waals surface area contributed by atoms with Gasteiger partial charge in [0.05, 0.1) is 0 Å². The zero-order valence-corrected chi connectivity index (χ0v) is 11.7. The lowest BCUT2D eigenvalue weighted by Gasteiger charge is -2.28. The Bertz CT molecular complexity index is 448. The molecule has 1 N–H and O–H groups in total. The molecule has 0 saturated carbocycles. The van der Waals surface area contributed by atoms with Crippen molar-refractivity contribution < 1.29 is 9.90 Å². The number of nitrogens with zero attached hydrogens (tertiary/aromatic N) is 2. The lowest BCUT2D eigenvalue weighted by atomic mass is 10.1. The van der Waals surface area contributed by atoms with E-state index < -0.39 is 5.97 Å². The van der Waals surface area contributed by atoms with E-state index in [1.165, 1.54) is 11.3 Å². The minimum Gasteiger partial charge on any atom is -0.481 e. The van der Waals surface area contributed by atoms with Crippen molar-refractivity contribution in [2.45, 2.75) is 32.4 Å². The van der Waals surface area contributed by atoms with Crippen LogP contribution in [0.4, 0.5) is 5.69 Å². The van der Waals surface area contributed by atoms with Gasteiger partial charge in [-0.2, -0.15) is 0 Å². The molecule has 19 heavy (non-hydrogen) atoms. The summed E-state index contributed by atoms with van der Waals surface area (Å²) < 4.78 is 0. The molecule has 0 spiro atoms. The third kappa shape index (κ3) is 3.47. The van der Waals surface area contributed by atoms with Crippen LogP contribution in [0.2, 0.25) is 0 Å².